The third kappa shape index (κ3) is 4.33. The number of esters is 1. The number of halogens is 1. The number of hydrogen-bond donors (Lipinski definition) is 0. The monoisotopic (exact) mass is 348 g/mol. The normalized spacial score (nSPS) is 10.3. The molecule has 0 spiro atoms. The molecule has 0 fully saturated rings. The fourth-order valence-corrected chi connectivity index (χ4v) is 2.71. The molecule has 0 atom stereocenters. The zero-order valence-electron chi connectivity index (χ0n) is 12.3. The van der Waals surface area contributed by atoms with Crippen molar-refractivity contribution in [3.05, 3.63) is 57.6 Å². The molecular formula is C17H17BrO3. The molecule has 0 aliphatic heterocycles. The van der Waals surface area contributed by atoms with Gasteiger partial charge in [-0.25, -0.2) is 4.79 Å². The quantitative estimate of drug-likeness (QED) is 0.608. The fraction of sp³-hybridized carbons (Fsp3) is 0.235. The van der Waals surface area contributed by atoms with Gasteiger partial charge in [0.15, 0.2) is 6.61 Å². The number of carbonyl (C=O) groups is 1. The zero-order chi connectivity index (χ0) is 15.4. The van der Waals surface area contributed by atoms with Crippen molar-refractivity contribution < 1.29 is 14.3 Å². The average molecular weight is 349 g/mol. The highest BCUT2D eigenvalue weighted by Gasteiger charge is 2.10. The Labute approximate surface area is 133 Å². The SMILES string of the molecule is Cc1ccc(OC(=O)COc2c(C)cc(Br)cc2C)cc1. The largest absolute Gasteiger partial charge is 0.481 e. The number of ether oxygens (including phenoxy) is 2. The minimum Gasteiger partial charge on any atom is -0.481 e. The van der Waals surface area contributed by atoms with Crippen molar-refractivity contribution in [3.8, 4) is 11.5 Å². The molecule has 2 rings (SSSR count). The minimum atomic E-state index is -0.416. The Morgan fingerprint density at radius 2 is 1.62 bits per heavy atom. The first kappa shape index (κ1) is 15.6. The number of benzene rings is 2. The first-order chi connectivity index (χ1) is 9.95. The van der Waals surface area contributed by atoms with Crippen LogP contribution in [0.15, 0.2) is 40.9 Å². The van der Waals surface area contributed by atoms with Gasteiger partial charge in [0.05, 0.1) is 0 Å². The maximum Gasteiger partial charge on any atom is 0.349 e. The zero-order valence-corrected chi connectivity index (χ0v) is 13.9. The molecule has 110 valence electrons. The highest BCUT2D eigenvalue weighted by atomic mass is 79.9. The molecule has 21 heavy (non-hydrogen) atoms. The summed E-state index contributed by atoms with van der Waals surface area (Å²) in [4.78, 5) is 11.8. The van der Waals surface area contributed by atoms with E-state index in [2.05, 4.69) is 15.9 Å². The molecule has 3 nitrogen and oxygen atoms in total. The van der Waals surface area contributed by atoms with E-state index in [1.54, 1.807) is 12.1 Å². The van der Waals surface area contributed by atoms with Crippen molar-refractivity contribution in [2.24, 2.45) is 0 Å². The Morgan fingerprint density at radius 1 is 1.05 bits per heavy atom. The molecule has 0 radical (unpaired) electrons. The summed E-state index contributed by atoms with van der Waals surface area (Å²) in [6, 6.07) is 11.2. The van der Waals surface area contributed by atoms with Gasteiger partial charge < -0.3 is 9.47 Å². The lowest BCUT2D eigenvalue weighted by Gasteiger charge is -2.12. The van der Waals surface area contributed by atoms with E-state index in [0.717, 1.165) is 26.9 Å². The standard InChI is InChI=1S/C17H17BrO3/c1-11-4-6-15(7-5-11)21-16(19)10-20-17-12(2)8-14(18)9-13(17)3/h4-9H,10H2,1-3H3. The predicted octanol–water partition coefficient (Wildman–Crippen LogP) is 4.36. The molecule has 0 aliphatic rings. The molecule has 0 amide bonds. The van der Waals surface area contributed by atoms with E-state index in [4.69, 9.17) is 9.47 Å². The van der Waals surface area contributed by atoms with E-state index in [-0.39, 0.29) is 6.61 Å². The first-order valence-corrected chi connectivity index (χ1v) is 7.42. The van der Waals surface area contributed by atoms with Crippen molar-refractivity contribution in [1.82, 2.24) is 0 Å². The van der Waals surface area contributed by atoms with Crippen molar-refractivity contribution in [3.63, 3.8) is 0 Å². The Morgan fingerprint density at radius 3 is 2.19 bits per heavy atom. The van der Waals surface area contributed by atoms with E-state index in [9.17, 15) is 4.79 Å². The molecular weight excluding hydrogens is 332 g/mol. The van der Waals surface area contributed by atoms with Crippen molar-refractivity contribution in [2.45, 2.75) is 20.8 Å². The summed E-state index contributed by atoms with van der Waals surface area (Å²) in [6.45, 7) is 5.75. The molecule has 2 aromatic rings. The Bertz CT molecular complexity index is 625. The molecule has 0 unspecified atom stereocenters. The Balaban J connectivity index is 1.97. The highest BCUT2D eigenvalue weighted by molar-refractivity contribution is 9.10. The topological polar surface area (TPSA) is 35.5 Å². The number of hydrogen-bond acceptors (Lipinski definition) is 3. The third-order valence-electron chi connectivity index (χ3n) is 3.01. The van der Waals surface area contributed by atoms with Gasteiger partial charge >= 0.3 is 5.97 Å². The summed E-state index contributed by atoms with van der Waals surface area (Å²) in [5.74, 6) is 0.832. The van der Waals surface area contributed by atoms with Gasteiger partial charge in [0.2, 0.25) is 0 Å². The predicted molar refractivity (Wildman–Crippen MR) is 85.9 cm³/mol. The summed E-state index contributed by atoms with van der Waals surface area (Å²) < 4.78 is 11.8. The molecule has 0 saturated carbocycles. The van der Waals surface area contributed by atoms with E-state index in [1.807, 2.05) is 45.0 Å². The molecule has 0 aliphatic carbocycles. The fourth-order valence-electron chi connectivity index (χ4n) is 2.02. The summed E-state index contributed by atoms with van der Waals surface area (Å²) in [7, 11) is 0. The van der Waals surface area contributed by atoms with Crippen molar-refractivity contribution in [2.75, 3.05) is 6.61 Å². The number of carbonyl (C=O) groups excluding carboxylic acids is 1. The van der Waals surface area contributed by atoms with Gasteiger partial charge in [-0.2, -0.15) is 0 Å². The van der Waals surface area contributed by atoms with Gasteiger partial charge in [-0.05, 0) is 56.2 Å². The van der Waals surface area contributed by atoms with Crippen LogP contribution in [0.25, 0.3) is 0 Å². The van der Waals surface area contributed by atoms with Gasteiger partial charge in [0.25, 0.3) is 0 Å². The number of aryl methyl sites for hydroxylation is 3. The Hall–Kier alpha value is -1.81. The molecule has 0 N–H and O–H groups in total. The summed E-state index contributed by atoms with van der Waals surface area (Å²) >= 11 is 3.43. The second-order valence-corrected chi connectivity index (χ2v) is 5.86. The lowest BCUT2D eigenvalue weighted by atomic mass is 10.1. The van der Waals surface area contributed by atoms with Gasteiger partial charge in [-0.3, -0.25) is 0 Å². The lowest BCUT2D eigenvalue weighted by Crippen LogP contribution is -2.18. The maximum absolute atomic E-state index is 11.8. The van der Waals surface area contributed by atoms with Gasteiger partial charge in [-0.1, -0.05) is 33.6 Å². The maximum atomic E-state index is 11.8. The highest BCUT2D eigenvalue weighted by Crippen LogP contribution is 2.27. The van der Waals surface area contributed by atoms with Crippen LogP contribution in [0, 0.1) is 20.8 Å². The van der Waals surface area contributed by atoms with Crippen molar-refractivity contribution >= 4 is 21.9 Å². The smallest absolute Gasteiger partial charge is 0.349 e. The van der Waals surface area contributed by atoms with Crippen molar-refractivity contribution in [1.29, 1.82) is 0 Å². The molecule has 2 aromatic carbocycles. The van der Waals surface area contributed by atoms with Gasteiger partial charge in [0.1, 0.15) is 11.5 Å². The van der Waals surface area contributed by atoms with Crippen LogP contribution in [0.1, 0.15) is 16.7 Å². The van der Waals surface area contributed by atoms with E-state index < -0.39 is 5.97 Å². The third-order valence-corrected chi connectivity index (χ3v) is 3.47. The van der Waals surface area contributed by atoms with E-state index >= 15 is 0 Å². The van der Waals surface area contributed by atoms with Gasteiger partial charge in [0, 0.05) is 4.47 Å². The van der Waals surface area contributed by atoms with E-state index in [1.165, 1.54) is 0 Å². The van der Waals surface area contributed by atoms with Crippen LogP contribution in [-0.4, -0.2) is 12.6 Å². The second-order valence-electron chi connectivity index (χ2n) is 4.94. The molecule has 0 bridgehead atoms. The second kappa shape index (κ2) is 6.76. The number of rotatable bonds is 4. The van der Waals surface area contributed by atoms with Crippen LogP contribution < -0.4 is 9.47 Å². The molecule has 0 saturated heterocycles. The molecule has 0 heterocycles. The van der Waals surface area contributed by atoms with Crippen LogP contribution >= 0.6 is 15.9 Å². The van der Waals surface area contributed by atoms with Crippen LogP contribution in [0.2, 0.25) is 0 Å². The Kier molecular flexibility index (Phi) is 5.02. The van der Waals surface area contributed by atoms with Crippen LogP contribution in [0.4, 0.5) is 0 Å². The summed E-state index contributed by atoms with van der Waals surface area (Å²) in [5, 5.41) is 0. The molecule has 4 heteroatoms. The average Bonchev–Trinajstić information content (AvgIpc) is 2.40. The summed E-state index contributed by atoms with van der Waals surface area (Å²) in [6.07, 6.45) is 0. The van der Waals surface area contributed by atoms with E-state index in [0.29, 0.717) is 5.75 Å². The molecule has 0 aromatic heterocycles. The van der Waals surface area contributed by atoms with Crippen LogP contribution in [0.3, 0.4) is 0 Å². The van der Waals surface area contributed by atoms with Crippen LogP contribution in [0.5, 0.6) is 11.5 Å². The van der Waals surface area contributed by atoms with Crippen LogP contribution in [-0.2, 0) is 4.79 Å². The first-order valence-electron chi connectivity index (χ1n) is 6.62. The summed E-state index contributed by atoms with van der Waals surface area (Å²) in [5.41, 5.74) is 3.07. The van der Waals surface area contributed by atoms with Gasteiger partial charge in [-0.15, -0.1) is 0 Å². The minimum absolute atomic E-state index is 0.114. The lowest BCUT2D eigenvalue weighted by molar-refractivity contribution is -0.136.